The Hall–Kier alpha value is -1.36. The van der Waals surface area contributed by atoms with Crippen LogP contribution in [-0.2, 0) is 9.59 Å². The van der Waals surface area contributed by atoms with Crippen LogP contribution in [0.3, 0.4) is 0 Å². The number of halogens is 1. The predicted octanol–water partition coefficient (Wildman–Crippen LogP) is 2.64. The van der Waals surface area contributed by atoms with Crippen LogP contribution < -0.4 is 10.2 Å². The highest BCUT2D eigenvalue weighted by molar-refractivity contribution is 9.10. The summed E-state index contributed by atoms with van der Waals surface area (Å²) in [7, 11) is 0. The van der Waals surface area contributed by atoms with Crippen molar-refractivity contribution in [3.05, 3.63) is 28.2 Å². The number of anilines is 1. The van der Waals surface area contributed by atoms with Crippen molar-refractivity contribution in [2.24, 2.45) is 0 Å². The number of nitrogens with one attached hydrogen (secondary N) is 1. The van der Waals surface area contributed by atoms with Crippen molar-refractivity contribution in [1.29, 1.82) is 0 Å². The third kappa shape index (κ3) is 4.67. The number of rotatable bonds is 4. The Morgan fingerprint density at radius 3 is 2.47 bits per heavy atom. The van der Waals surface area contributed by atoms with Gasteiger partial charge < -0.3 is 10.2 Å². The van der Waals surface area contributed by atoms with Gasteiger partial charge in [-0.15, -0.1) is 0 Å². The van der Waals surface area contributed by atoms with E-state index in [1.807, 2.05) is 39.0 Å². The van der Waals surface area contributed by atoms with E-state index >= 15 is 0 Å². The fourth-order valence-electron chi connectivity index (χ4n) is 1.69. The van der Waals surface area contributed by atoms with Gasteiger partial charge in [-0.05, 0) is 44.5 Å². The summed E-state index contributed by atoms with van der Waals surface area (Å²) in [5, 5.41) is 2.78. The standard InChI is InChI=1S/C14H19BrN2O2/c1-9(2)16-14(19)8-17(11(4)18)12-5-6-13(15)10(3)7-12/h5-7,9H,8H2,1-4H3,(H,16,19). The topological polar surface area (TPSA) is 49.4 Å². The lowest BCUT2D eigenvalue weighted by Gasteiger charge is -2.22. The van der Waals surface area contributed by atoms with Crippen molar-refractivity contribution in [3.63, 3.8) is 0 Å². The van der Waals surface area contributed by atoms with Crippen LogP contribution in [0.15, 0.2) is 22.7 Å². The zero-order chi connectivity index (χ0) is 14.6. The predicted molar refractivity (Wildman–Crippen MR) is 80.2 cm³/mol. The Balaban J connectivity index is 2.91. The first-order valence-corrected chi connectivity index (χ1v) is 6.94. The quantitative estimate of drug-likeness (QED) is 0.924. The average molecular weight is 327 g/mol. The number of aryl methyl sites for hydroxylation is 1. The zero-order valence-corrected chi connectivity index (χ0v) is 13.2. The number of hydrogen-bond acceptors (Lipinski definition) is 2. The van der Waals surface area contributed by atoms with E-state index in [0.29, 0.717) is 0 Å². The summed E-state index contributed by atoms with van der Waals surface area (Å²) in [6.45, 7) is 7.22. The molecule has 1 N–H and O–H groups in total. The molecule has 2 amide bonds. The smallest absolute Gasteiger partial charge is 0.240 e. The molecule has 0 radical (unpaired) electrons. The lowest BCUT2D eigenvalue weighted by atomic mass is 10.2. The minimum Gasteiger partial charge on any atom is -0.352 e. The molecular formula is C14H19BrN2O2. The summed E-state index contributed by atoms with van der Waals surface area (Å²) in [6, 6.07) is 5.64. The Labute approximate surface area is 122 Å². The largest absolute Gasteiger partial charge is 0.352 e. The molecule has 1 aromatic carbocycles. The number of hydrogen-bond donors (Lipinski definition) is 1. The van der Waals surface area contributed by atoms with E-state index < -0.39 is 0 Å². The second-order valence-corrected chi connectivity index (χ2v) is 5.62. The highest BCUT2D eigenvalue weighted by Crippen LogP contribution is 2.23. The van der Waals surface area contributed by atoms with Crippen molar-refractivity contribution in [3.8, 4) is 0 Å². The molecule has 5 heteroatoms. The molecule has 1 rings (SSSR count). The molecular weight excluding hydrogens is 308 g/mol. The van der Waals surface area contributed by atoms with Gasteiger partial charge in [0, 0.05) is 23.1 Å². The maximum atomic E-state index is 11.8. The Morgan fingerprint density at radius 1 is 1.37 bits per heavy atom. The number of carbonyl (C=O) groups is 2. The van der Waals surface area contributed by atoms with Crippen molar-refractivity contribution in [2.75, 3.05) is 11.4 Å². The first-order valence-electron chi connectivity index (χ1n) is 6.15. The van der Waals surface area contributed by atoms with Crippen LogP contribution in [-0.4, -0.2) is 24.4 Å². The van der Waals surface area contributed by atoms with Crippen LogP contribution in [0.2, 0.25) is 0 Å². The van der Waals surface area contributed by atoms with E-state index in [4.69, 9.17) is 0 Å². The van der Waals surface area contributed by atoms with E-state index in [9.17, 15) is 9.59 Å². The van der Waals surface area contributed by atoms with Crippen LogP contribution in [0.25, 0.3) is 0 Å². The van der Waals surface area contributed by atoms with Crippen molar-refractivity contribution in [2.45, 2.75) is 33.7 Å². The minimum absolute atomic E-state index is 0.0363. The van der Waals surface area contributed by atoms with Crippen molar-refractivity contribution < 1.29 is 9.59 Å². The summed E-state index contributed by atoms with van der Waals surface area (Å²) in [5.74, 6) is -0.314. The molecule has 104 valence electrons. The minimum atomic E-state index is -0.161. The molecule has 0 heterocycles. The molecule has 0 atom stereocenters. The van der Waals surface area contributed by atoms with Gasteiger partial charge in [-0.1, -0.05) is 15.9 Å². The van der Waals surface area contributed by atoms with Gasteiger partial charge in [0.15, 0.2) is 0 Å². The lowest BCUT2D eigenvalue weighted by Crippen LogP contribution is -2.42. The third-order valence-corrected chi connectivity index (χ3v) is 3.47. The number of nitrogens with zero attached hydrogens (tertiary/aromatic N) is 1. The van der Waals surface area contributed by atoms with Gasteiger partial charge >= 0.3 is 0 Å². The van der Waals surface area contributed by atoms with E-state index in [-0.39, 0.29) is 24.4 Å². The normalized spacial score (nSPS) is 10.4. The molecule has 1 aromatic rings. The maximum absolute atomic E-state index is 11.8. The van der Waals surface area contributed by atoms with E-state index in [1.54, 1.807) is 0 Å². The molecule has 0 saturated heterocycles. The second kappa shape index (κ2) is 6.70. The molecule has 0 saturated carbocycles. The van der Waals surface area contributed by atoms with Gasteiger partial charge in [0.2, 0.25) is 11.8 Å². The number of amides is 2. The summed E-state index contributed by atoms with van der Waals surface area (Å²) in [5.41, 5.74) is 1.75. The van der Waals surface area contributed by atoms with Crippen LogP contribution >= 0.6 is 15.9 Å². The lowest BCUT2D eigenvalue weighted by molar-refractivity contribution is -0.123. The van der Waals surface area contributed by atoms with Crippen LogP contribution in [0.5, 0.6) is 0 Å². The molecule has 4 nitrogen and oxygen atoms in total. The van der Waals surface area contributed by atoms with Gasteiger partial charge in [-0.2, -0.15) is 0 Å². The molecule has 0 aromatic heterocycles. The molecule has 0 bridgehead atoms. The van der Waals surface area contributed by atoms with E-state index in [0.717, 1.165) is 15.7 Å². The summed E-state index contributed by atoms with van der Waals surface area (Å²) in [6.07, 6.45) is 0. The highest BCUT2D eigenvalue weighted by atomic mass is 79.9. The monoisotopic (exact) mass is 326 g/mol. The summed E-state index contributed by atoms with van der Waals surface area (Å²) in [4.78, 5) is 24.9. The van der Waals surface area contributed by atoms with Gasteiger partial charge in [0.25, 0.3) is 0 Å². The Morgan fingerprint density at radius 2 is 2.00 bits per heavy atom. The van der Waals surface area contributed by atoms with Crippen molar-refractivity contribution >= 4 is 33.4 Å². The number of benzene rings is 1. The van der Waals surface area contributed by atoms with Gasteiger partial charge in [-0.3, -0.25) is 9.59 Å². The SMILES string of the molecule is CC(=O)N(CC(=O)NC(C)C)c1ccc(Br)c(C)c1. The molecule has 19 heavy (non-hydrogen) atoms. The first-order chi connectivity index (χ1) is 8.81. The van der Waals surface area contributed by atoms with Crippen LogP contribution in [0, 0.1) is 6.92 Å². The van der Waals surface area contributed by atoms with Gasteiger partial charge in [0.1, 0.15) is 6.54 Å². The Kier molecular flexibility index (Phi) is 5.54. The second-order valence-electron chi connectivity index (χ2n) is 4.76. The summed E-state index contributed by atoms with van der Waals surface area (Å²) >= 11 is 3.42. The third-order valence-electron chi connectivity index (χ3n) is 2.58. The fourth-order valence-corrected chi connectivity index (χ4v) is 1.94. The van der Waals surface area contributed by atoms with Gasteiger partial charge in [-0.25, -0.2) is 0 Å². The van der Waals surface area contributed by atoms with E-state index in [1.165, 1.54) is 11.8 Å². The van der Waals surface area contributed by atoms with Crippen molar-refractivity contribution in [1.82, 2.24) is 5.32 Å². The molecule has 0 aliphatic heterocycles. The maximum Gasteiger partial charge on any atom is 0.240 e. The zero-order valence-electron chi connectivity index (χ0n) is 11.7. The molecule has 0 spiro atoms. The highest BCUT2D eigenvalue weighted by Gasteiger charge is 2.16. The molecule has 0 aliphatic carbocycles. The number of carbonyl (C=O) groups excluding carboxylic acids is 2. The molecule has 0 aliphatic rings. The van der Waals surface area contributed by atoms with E-state index in [2.05, 4.69) is 21.2 Å². The molecule has 0 fully saturated rings. The fraction of sp³-hybridized carbons (Fsp3) is 0.429. The first kappa shape index (κ1) is 15.7. The average Bonchev–Trinajstić information content (AvgIpc) is 2.28. The summed E-state index contributed by atoms with van der Waals surface area (Å²) < 4.78 is 0.978. The van der Waals surface area contributed by atoms with Crippen LogP contribution in [0.1, 0.15) is 26.3 Å². The van der Waals surface area contributed by atoms with Crippen LogP contribution in [0.4, 0.5) is 5.69 Å². The Bertz CT molecular complexity index is 486. The molecule has 0 unspecified atom stereocenters. The van der Waals surface area contributed by atoms with Gasteiger partial charge in [0.05, 0.1) is 0 Å².